The van der Waals surface area contributed by atoms with Gasteiger partial charge in [0.25, 0.3) is 0 Å². The Kier molecular flexibility index (Phi) is 2.30. The van der Waals surface area contributed by atoms with E-state index in [9.17, 15) is 0 Å². The number of thiophene rings is 1. The average molecular weight is 254 g/mol. The number of nitrogens with zero attached hydrogens (tertiary/aromatic N) is 2. The van der Waals surface area contributed by atoms with Crippen molar-refractivity contribution in [2.45, 2.75) is 32.7 Å². The highest BCUT2D eigenvalue weighted by Gasteiger charge is 2.23. The first kappa shape index (κ1) is 10.3. The van der Waals surface area contributed by atoms with Gasteiger partial charge >= 0.3 is 0 Å². The monoisotopic (exact) mass is 253 g/mol. The highest BCUT2D eigenvalue weighted by atomic mass is 35.5. The second-order valence-electron chi connectivity index (χ2n) is 4.22. The molecule has 0 atom stereocenters. The molecular formula is C11H12ClN3S. The standard InChI is InChI=1S/C11H12ClN3S/c1-5-6(2)16-10-8(5)9(12)14-11(15-10)13-7-3-4-7/h7H,3-4H2,1-2H3,(H,13,14,15). The van der Waals surface area contributed by atoms with E-state index >= 15 is 0 Å². The summed E-state index contributed by atoms with van der Waals surface area (Å²) in [4.78, 5) is 11.1. The third-order valence-corrected chi connectivity index (χ3v) is 4.27. The molecule has 0 bridgehead atoms. The van der Waals surface area contributed by atoms with Gasteiger partial charge in [-0.05, 0) is 32.3 Å². The summed E-state index contributed by atoms with van der Waals surface area (Å²) in [5.74, 6) is 0.668. The Hall–Kier alpha value is -0.870. The topological polar surface area (TPSA) is 37.8 Å². The minimum atomic E-state index is 0.552. The third-order valence-electron chi connectivity index (χ3n) is 2.90. The highest BCUT2D eigenvalue weighted by molar-refractivity contribution is 7.18. The second kappa shape index (κ2) is 3.57. The molecule has 2 aromatic rings. The highest BCUT2D eigenvalue weighted by Crippen LogP contribution is 2.34. The van der Waals surface area contributed by atoms with Crippen molar-refractivity contribution in [3.63, 3.8) is 0 Å². The van der Waals surface area contributed by atoms with Crippen LogP contribution in [0.4, 0.5) is 5.95 Å². The maximum atomic E-state index is 6.20. The van der Waals surface area contributed by atoms with E-state index in [1.165, 1.54) is 23.3 Å². The fourth-order valence-electron chi connectivity index (χ4n) is 1.68. The van der Waals surface area contributed by atoms with Crippen molar-refractivity contribution in [2.24, 2.45) is 0 Å². The number of hydrogen-bond acceptors (Lipinski definition) is 4. The fraction of sp³-hybridized carbons (Fsp3) is 0.455. The summed E-state index contributed by atoms with van der Waals surface area (Å²) in [7, 11) is 0. The van der Waals surface area contributed by atoms with Gasteiger partial charge in [-0.15, -0.1) is 11.3 Å². The number of nitrogens with one attached hydrogen (secondary N) is 1. The Balaban J connectivity index is 2.13. The third kappa shape index (κ3) is 1.66. The average Bonchev–Trinajstić information content (AvgIpc) is 2.95. The van der Waals surface area contributed by atoms with Crippen LogP contribution in [0.3, 0.4) is 0 Å². The van der Waals surface area contributed by atoms with Gasteiger partial charge in [-0.25, -0.2) is 9.97 Å². The van der Waals surface area contributed by atoms with Crippen LogP contribution in [-0.2, 0) is 0 Å². The van der Waals surface area contributed by atoms with Gasteiger partial charge in [0.15, 0.2) is 0 Å². The molecule has 5 heteroatoms. The van der Waals surface area contributed by atoms with E-state index in [0.717, 1.165) is 10.2 Å². The van der Waals surface area contributed by atoms with Crippen molar-refractivity contribution in [3.8, 4) is 0 Å². The number of anilines is 1. The van der Waals surface area contributed by atoms with Crippen LogP contribution >= 0.6 is 22.9 Å². The summed E-state index contributed by atoms with van der Waals surface area (Å²) in [5.41, 5.74) is 1.20. The van der Waals surface area contributed by atoms with Crippen LogP contribution in [0, 0.1) is 13.8 Å². The number of fused-ring (bicyclic) bond motifs is 1. The second-order valence-corrected chi connectivity index (χ2v) is 5.78. The first-order valence-corrected chi connectivity index (χ1v) is 6.54. The van der Waals surface area contributed by atoms with Crippen LogP contribution in [0.1, 0.15) is 23.3 Å². The van der Waals surface area contributed by atoms with Crippen molar-refractivity contribution in [1.29, 1.82) is 0 Å². The van der Waals surface area contributed by atoms with Crippen molar-refractivity contribution in [2.75, 3.05) is 5.32 Å². The summed E-state index contributed by atoms with van der Waals surface area (Å²) in [6, 6.07) is 0.552. The molecule has 1 aliphatic carbocycles. The normalized spacial score (nSPS) is 15.7. The van der Waals surface area contributed by atoms with Gasteiger partial charge < -0.3 is 5.32 Å². The Labute approximate surface area is 103 Å². The molecule has 1 aliphatic rings. The zero-order valence-corrected chi connectivity index (χ0v) is 10.7. The van der Waals surface area contributed by atoms with Gasteiger partial charge in [-0.1, -0.05) is 11.6 Å². The molecule has 84 valence electrons. The summed E-state index contributed by atoms with van der Waals surface area (Å²) in [6.07, 6.45) is 2.42. The summed E-state index contributed by atoms with van der Waals surface area (Å²) >= 11 is 7.88. The summed E-state index contributed by atoms with van der Waals surface area (Å²) in [5, 5.41) is 4.85. The van der Waals surface area contributed by atoms with Gasteiger partial charge in [0.05, 0.1) is 5.39 Å². The van der Waals surface area contributed by atoms with E-state index in [1.807, 2.05) is 0 Å². The lowest BCUT2D eigenvalue weighted by Crippen LogP contribution is -2.05. The van der Waals surface area contributed by atoms with E-state index in [4.69, 9.17) is 11.6 Å². The van der Waals surface area contributed by atoms with E-state index in [-0.39, 0.29) is 0 Å². The molecule has 0 amide bonds. The van der Waals surface area contributed by atoms with Crippen molar-refractivity contribution < 1.29 is 0 Å². The molecule has 1 fully saturated rings. The van der Waals surface area contributed by atoms with E-state index < -0.39 is 0 Å². The van der Waals surface area contributed by atoms with Crippen molar-refractivity contribution in [3.05, 3.63) is 15.6 Å². The molecule has 0 saturated heterocycles. The van der Waals surface area contributed by atoms with Gasteiger partial charge in [0.1, 0.15) is 9.98 Å². The SMILES string of the molecule is Cc1sc2nc(NC3CC3)nc(Cl)c2c1C. The Morgan fingerprint density at radius 3 is 2.75 bits per heavy atom. The number of rotatable bonds is 2. The maximum Gasteiger partial charge on any atom is 0.225 e. The smallest absolute Gasteiger partial charge is 0.225 e. The molecule has 2 aromatic heterocycles. The van der Waals surface area contributed by atoms with E-state index in [1.54, 1.807) is 11.3 Å². The summed E-state index contributed by atoms with van der Waals surface area (Å²) < 4.78 is 0. The fourth-order valence-corrected chi connectivity index (χ4v) is 3.07. The first-order valence-electron chi connectivity index (χ1n) is 5.35. The zero-order chi connectivity index (χ0) is 11.3. The Morgan fingerprint density at radius 2 is 2.06 bits per heavy atom. The minimum Gasteiger partial charge on any atom is -0.351 e. The molecule has 0 unspecified atom stereocenters. The number of halogens is 1. The molecule has 0 aromatic carbocycles. The lowest BCUT2D eigenvalue weighted by Gasteiger charge is -2.03. The molecular weight excluding hydrogens is 242 g/mol. The van der Waals surface area contributed by atoms with Gasteiger partial charge in [0, 0.05) is 10.9 Å². The Bertz CT molecular complexity index is 560. The number of aryl methyl sites for hydroxylation is 2. The molecule has 0 aliphatic heterocycles. The van der Waals surface area contributed by atoms with Crippen LogP contribution in [0.25, 0.3) is 10.2 Å². The molecule has 1 N–H and O–H groups in total. The van der Waals surface area contributed by atoms with Crippen LogP contribution in [0.15, 0.2) is 0 Å². The molecule has 2 heterocycles. The van der Waals surface area contributed by atoms with E-state index in [2.05, 4.69) is 29.1 Å². The Morgan fingerprint density at radius 1 is 1.31 bits per heavy atom. The van der Waals surface area contributed by atoms with E-state index in [0.29, 0.717) is 17.1 Å². The van der Waals surface area contributed by atoms with Crippen LogP contribution < -0.4 is 5.32 Å². The molecule has 3 nitrogen and oxygen atoms in total. The largest absolute Gasteiger partial charge is 0.351 e. The predicted molar refractivity (Wildman–Crippen MR) is 68.5 cm³/mol. The summed E-state index contributed by atoms with van der Waals surface area (Å²) in [6.45, 7) is 4.16. The van der Waals surface area contributed by atoms with Crippen molar-refractivity contribution >= 4 is 39.1 Å². The quantitative estimate of drug-likeness (QED) is 0.832. The lowest BCUT2D eigenvalue weighted by atomic mass is 10.2. The van der Waals surface area contributed by atoms with Crippen LogP contribution in [-0.4, -0.2) is 16.0 Å². The molecule has 16 heavy (non-hydrogen) atoms. The van der Waals surface area contributed by atoms with Crippen LogP contribution in [0.2, 0.25) is 5.15 Å². The predicted octanol–water partition coefficient (Wildman–Crippen LogP) is 3.54. The number of aromatic nitrogens is 2. The van der Waals surface area contributed by atoms with Crippen molar-refractivity contribution in [1.82, 2.24) is 9.97 Å². The minimum absolute atomic E-state index is 0.552. The van der Waals surface area contributed by atoms with Crippen LogP contribution in [0.5, 0.6) is 0 Å². The zero-order valence-electron chi connectivity index (χ0n) is 9.17. The molecule has 0 radical (unpaired) electrons. The molecule has 3 rings (SSSR count). The van der Waals surface area contributed by atoms with Gasteiger partial charge in [-0.2, -0.15) is 0 Å². The molecule has 0 spiro atoms. The molecule has 1 saturated carbocycles. The van der Waals surface area contributed by atoms with Gasteiger partial charge in [-0.3, -0.25) is 0 Å². The maximum absolute atomic E-state index is 6.20. The first-order chi connectivity index (χ1) is 7.65. The van der Waals surface area contributed by atoms with Gasteiger partial charge in [0.2, 0.25) is 5.95 Å². The lowest BCUT2D eigenvalue weighted by molar-refractivity contribution is 1.07. The number of hydrogen-bond donors (Lipinski definition) is 1.